The number of aliphatic hydroxyl groups excluding tert-OH is 10. The minimum atomic E-state index is -3.52. The largest absolute Gasteiger partial charge is 0.394 e. The molecule has 0 spiro atoms. The van der Waals surface area contributed by atoms with Crippen LogP contribution in [0.3, 0.4) is 0 Å². The Kier molecular flexibility index (Phi) is 51.2. The van der Waals surface area contributed by atoms with Gasteiger partial charge in [-0.05, 0) is 64.2 Å². The lowest BCUT2D eigenvalue weighted by molar-refractivity contribution is -0.270. The van der Waals surface area contributed by atoms with E-state index in [1.54, 1.807) is 13.8 Å². The van der Waals surface area contributed by atoms with Crippen molar-refractivity contribution >= 4 is 54.9 Å². The van der Waals surface area contributed by atoms with Gasteiger partial charge in [-0.15, -0.1) is 0 Å². The summed E-state index contributed by atoms with van der Waals surface area (Å²) >= 11 is 0. The Morgan fingerprint density at radius 3 is 1.06 bits per heavy atom. The number of nitrogens with one attached hydrogen (secondary N) is 8. The second-order valence-corrected chi connectivity index (χ2v) is 27.8. The number of carbonyl (C=O) groups excluding carboxylic acids is 8. The lowest BCUT2D eigenvalue weighted by atomic mass is 9.97. The summed E-state index contributed by atoms with van der Waals surface area (Å²) in [5.41, 5.74) is -0.420. The number of aliphatic hydroxyl groups is 10. The lowest BCUT2D eigenvalue weighted by Crippen LogP contribution is -2.64. The molecule has 7 unspecified atom stereocenters. The molecule has 584 valence electrons. The standard InChI is InChI=1S/C31H59N4O12P.C26H49N3O8.C8H15NO6/c1-22(2)48(43,44)46-20-11-7-5-9-16-32-25(38)13-12-14-26(39)34-18-15-27(40)33-17-8-4-6-10-19-45-31-28(35-23(3)37)30(42)29(41)24(21-36)47-31;1-3-4-5-10-15-27-21(32)13-8-9-14-22(33)28-16-11-6-7-12-17-36-26-23(29-19(2)31)25(35)24(34)20(18-30)37-26;1-3(11)9-5-7(13)6(12)4(2-10)15-8(5)14/h22,24,28-31,36,41-42H,4-21H2,1-3H3,(H,32,38)(H,33,40)(H,34,39)(H,35,37)(H,43,44);20,23-26,30,34-35H,3-18H2,1-2H3,(H,27,32)(H,28,33)(H,29,31);4-8,10,12-14H,2H2,1H3,(H,9,11)/t24?,28?,29-,30+,31+;20?,23?,24-,25+,26+;4?,5?,6-,7+,8+/m000/s1. The van der Waals surface area contributed by atoms with Gasteiger partial charge in [0.2, 0.25) is 47.3 Å². The lowest BCUT2D eigenvalue weighted by Gasteiger charge is -2.42. The maximum Gasteiger partial charge on any atom is 0.330 e. The Balaban J connectivity index is 0.000000843. The zero-order chi connectivity index (χ0) is 75.0. The Morgan fingerprint density at radius 2 is 0.700 bits per heavy atom. The molecule has 34 nitrogen and oxygen atoms in total. The molecule has 35 heteroatoms. The smallest absolute Gasteiger partial charge is 0.330 e. The van der Waals surface area contributed by atoms with E-state index < -0.39 is 143 Å². The normalized spacial score (nSPS) is 25.5. The van der Waals surface area contributed by atoms with Gasteiger partial charge in [-0.25, -0.2) is 0 Å². The molecule has 0 aromatic carbocycles. The molecule has 0 aromatic rings. The minimum absolute atomic E-state index is 0.000880. The molecule has 3 heterocycles. The van der Waals surface area contributed by atoms with Gasteiger partial charge >= 0.3 is 7.60 Å². The maximum atomic E-state index is 12.0. The maximum absolute atomic E-state index is 12.0. The van der Waals surface area contributed by atoms with E-state index in [9.17, 15) is 93.8 Å². The third kappa shape index (κ3) is 41.0. The molecule has 0 radical (unpaired) electrons. The van der Waals surface area contributed by atoms with E-state index >= 15 is 0 Å². The molecular formula is C65H123N8O26P. The zero-order valence-electron chi connectivity index (χ0n) is 59.5. The van der Waals surface area contributed by atoms with Crippen molar-refractivity contribution < 1.29 is 127 Å². The monoisotopic (exact) mass is 1460 g/mol. The van der Waals surface area contributed by atoms with Crippen LogP contribution in [0.5, 0.6) is 0 Å². The molecule has 19 N–H and O–H groups in total. The van der Waals surface area contributed by atoms with Gasteiger partial charge in [0.15, 0.2) is 18.9 Å². The van der Waals surface area contributed by atoms with E-state index in [0.29, 0.717) is 77.6 Å². The molecule has 100 heavy (non-hydrogen) atoms. The van der Waals surface area contributed by atoms with Crippen LogP contribution in [-0.4, -0.2) is 273 Å². The highest BCUT2D eigenvalue weighted by Crippen LogP contribution is 2.47. The number of hydrogen-bond acceptors (Lipinski definition) is 25. The molecule has 16 atom stereocenters. The summed E-state index contributed by atoms with van der Waals surface area (Å²) in [7, 11) is -3.52. The number of amides is 8. The topological polar surface area (TPSA) is 528 Å². The van der Waals surface area contributed by atoms with Crippen molar-refractivity contribution in [2.75, 3.05) is 72.4 Å². The predicted molar refractivity (Wildman–Crippen MR) is 363 cm³/mol. The third-order valence-electron chi connectivity index (χ3n) is 16.3. The van der Waals surface area contributed by atoms with E-state index in [1.165, 1.54) is 33.6 Å². The van der Waals surface area contributed by atoms with Crippen LogP contribution in [0.1, 0.15) is 196 Å². The minimum Gasteiger partial charge on any atom is -0.394 e. The number of carbonyl (C=O) groups is 8. The fourth-order valence-corrected chi connectivity index (χ4v) is 11.1. The summed E-state index contributed by atoms with van der Waals surface area (Å²) in [4.78, 5) is 103. The van der Waals surface area contributed by atoms with Crippen molar-refractivity contribution in [1.29, 1.82) is 0 Å². The number of ether oxygens (including phenoxy) is 5. The molecule has 3 fully saturated rings. The Bertz CT molecular complexity index is 2340. The average molecular weight is 1460 g/mol. The van der Waals surface area contributed by atoms with Gasteiger partial charge in [0.25, 0.3) is 0 Å². The van der Waals surface area contributed by atoms with E-state index in [-0.39, 0.29) is 68.6 Å². The molecule has 0 aromatic heterocycles. The van der Waals surface area contributed by atoms with Crippen LogP contribution >= 0.6 is 7.60 Å². The van der Waals surface area contributed by atoms with E-state index in [0.717, 1.165) is 77.2 Å². The van der Waals surface area contributed by atoms with Crippen molar-refractivity contribution in [1.82, 2.24) is 42.5 Å². The summed E-state index contributed by atoms with van der Waals surface area (Å²) in [6.07, 6.45) is 2.63. The molecular weight excluding hydrogens is 1340 g/mol. The first kappa shape index (κ1) is 93.3. The zero-order valence-corrected chi connectivity index (χ0v) is 60.4. The van der Waals surface area contributed by atoms with Gasteiger partial charge in [0, 0.05) is 98.8 Å². The van der Waals surface area contributed by atoms with Gasteiger partial charge in [-0.2, -0.15) is 0 Å². The molecule has 3 aliphatic rings. The molecule has 8 amide bonds. The fraction of sp³-hybridized carbons (Fsp3) is 0.877. The van der Waals surface area contributed by atoms with E-state index in [2.05, 4.69) is 49.5 Å². The third-order valence-corrected chi connectivity index (χ3v) is 18.2. The van der Waals surface area contributed by atoms with Gasteiger partial charge in [-0.3, -0.25) is 42.9 Å². The first-order valence-corrected chi connectivity index (χ1v) is 37.1. The molecule has 0 bridgehead atoms. The quantitative estimate of drug-likeness (QED) is 0.0241. The van der Waals surface area contributed by atoms with E-state index in [4.69, 9.17) is 33.3 Å². The molecule has 3 rings (SSSR count). The second-order valence-electron chi connectivity index (χ2n) is 25.4. The number of unbranched alkanes of at least 4 members (excludes halogenated alkanes) is 13. The van der Waals surface area contributed by atoms with Crippen LogP contribution in [0.4, 0.5) is 0 Å². The highest BCUT2D eigenvalue weighted by Gasteiger charge is 2.47. The van der Waals surface area contributed by atoms with Gasteiger partial charge in [0.05, 0.1) is 32.1 Å². The van der Waals surface area contributed by atoms with Crippen molar-refractivity contribution in [2.45, 2.75) is 293 Å². The van der Waals surface area contributed by atoms with Crippen LogP contribution in [-0.2, 0) is 71.1 Å². The number of rotatable bonds is 48. The molecule has 3 aliphatic heterocycles. The molecule has 0 saturated carbocycles. The van der Waals surface area contributed by atoms with Crippen LogP contribution in [0.15, 0.2) is 0 Å². The Hall–Kier alpha value is -4.69. The summed E-state index contributed by atoms with van der Waals surface area (Å²) in [6, 6.07) is -3.00. The Morgan fingerprint density at radius 1 is 0.390 bits per heavy atom. The summed E-state index contributed by atoms with van der Waals surface area (Å²) in [5.74, 6) is -1.73. The summed E-state index contributed by atoms with van der Waals surface area (Å²) in [6.45, 7) is 11.1. The Labute approximate surface area is 588 Å². The highest BCUT2D eigenvalue weighted by atomic mass is 31.2. The summed E-state index contributed by atoms with van der Waals surface area (Å²) < 4.78 is 44.0. The first-order chi connectivity index (χ1) is 47.5. The SMILES string of the molecule is CC(=O)NC1[C@H](O)OC(CO)[C@H](O)[C@@H]1O.CC(=O)NC1[C@H](OCCCCCCNC(=O)CCNC(=O)CCCC(=O)NCCCCCCOP(=O)(O)C(C)C)OC(CO)[C@H](O)[C@@H]1O.CCCCCCNC(=O)CCCCC(=O)NCCCCCCO[C@@H]1OC(CO)[C@H](O)[C@H](O)C1NC(C)=O. The van der Waals surface area contributed by atoms with Crippen molar-refractivity contribution in [3.63, 3.8) is 0 Å². The summed E-state index contributed by atoms with van der Waals surface area (Å²) in [5, 5.41) is 118. The average Bonchev–Trinajstić information content (AvgIpc) is 0.821. The fourth-order valence-electron chi connectivity index (χ4n) is 10.4. The first-order valence-electron chi connectivity index (χ1n) is 35.5. The van der Waals surface area contributed by atoms with Crippen LogP contribution < -0.4 is 42.5 Å². The van der Waals surface area contributed by atoms with Crippen molar-refractivity contribution in [2.24, 2.45) is 0 Å². The number of hydrogen-bond donors (Lipinski definition) is 19. The van der Waals surface area contributed by atoms with Gasteiger partial charge in [0.1, 0.15) is 73.1 Å². The predicted octanol–water partition coefficient (Wildman–Crippen LogP) is -1.61. The van der Waals surface area contributed by atoms with Crippen LogP contribution in [0.25, 0.3) is 0 Å². The van der Waals surface area contributed by atoms with Crippen molar-refractivity contribution in [3.05, 3.63) is 0 Å². The molecule has 3 saturated heterocycles. The van der Waals surface area contributed by atoms with Crippen LogP contribution in [0, 0.1) is 0 Å². The second kappa shape index (κ2) is 54.9. The van der Waals surface area contributed by atoms with E-state index in [1.807, 2.05) is 0 Å². The molecule has 0 aliphatic carbocycles. The van der Waals surface area contributed by atoms with Crippen LogP contribution in [0.2, 0.25) is 0 Å². The van der Waals surface area contributed by atoms with Gasteiger partial charge < -0.3 is 127 Å². The highest BCUT2D eigenvalue weighted by molar-refractivity contribution is 7.53. The van der Waals surface area contributed by atoms with Crippen molar-refractivity contribution in [3.8, 4) is 0 Å². The van der Waals surface area contributed by atoms with Gasteiger partial charge in [-0.1, -0.05) is 78.6 Å².